The molecule has 1 saturated heterocycles. The van der Waals surface area contributed by atoms with E-state index in [1.54, 1.807) is 6.92 Å². The SMILES string of the molecule is CCS(=O)(=O)N1CCC(N(CC(=O)O)Cc2ccccc2N(C)C)CC1. The lowest BCUT2D eigenvalue weighted by Crippen LogP contribution is -2.48. The molecule has 0 aromatic heterocycles. The van der Waals surface area contributed by atoms with Crippen molar-refractivity contribution >= 4 is 21.7 Å². The van der Waals surface area contributed by atoms with Gasteiger partial charge in [-0.15, -0.1) is 0 Å². The molecule has 1 aromatic carbocycles. The number of para-hydroxylation sites is 1. The smallest absolute Gasteiger partial charge is 0.317 e. The van der Waals surface area contributed by atoms with Gasteiger partial charge in [-0.3, -0.25) is 9.69 Å². The molecule has 2 rings (SSSR count). The van der Waals surface area contributed by atoms with E-state index in [2.05, 4.69) is 0 Å². The number of sulfonamides is 1. The fourth-order valence-corrected chi connectivity index (χ4v) is 4.59. The maximum Gasteiger partial charge on any atom is 0.317 e. The molecule has 0 spiro atoms. The maximum absolute atomic E-state index is 12.0. The van der Waals surface area contributed by atoms with E-state index in [4.69, 9.17) is 0 Å². The largest absolute Gasteiger partial charge is 0.480 e. The van der Waals surface area contributed by atoms with Gasteiger partial charge in [0.05, 0.1) is 12.3 Å². The molecule has 1 aliphatic rings. The molecule has 0 radical (unpaired) electrons. The molecule has 146 valence electrons. The zero-order chi connectivity index (χ0) is 19.3. The standard InChI is InChI=1S/C18H29N3O4S/c1-4-26(24,25)21-11-9-16(10-12-21)20(14-18(22)23)13-15-7-5-6-8-17(15)19(2)3/h5-8,16H,4,9-14H2,1-3H3,(H,22,23). The van der Waals surface area contributed by atoms with Crippen molar-refractivity contribution in [2.75, 3.05) is 44.4 Å². The van der Waals surface area contributed by atoms with E-state index < -0.39 is 16.0 Å². The van der Waals surface area contributed by atoms with Gasteiger partial charge < -0.3 is 10.0 Å². The number of anilines is 1. The van der Waals surface area contributed by atoms with Crippen LogP contribution in [-0.2, 0) is 21.4 Å². The van der Waals surface area contributed by atoms with Crippen LogP contribution in [0.25, 0.3) is 0 Å². The highest BCUT2D eigenvalue weighted by Crippen LogP contribution is 2.24. The molecular weight excluding hydrogens is 354 g/mol. The van der Waals surface area contributed by atoms with Crippen molar-refractivity contribution in [3.8, 4) is 0 Å². The van der Waals surface area contributed by atoms with E-state index in [-0.39, 0.29) is 18.3 Å². The quantitative estimate of drug-likeness (QED) is 0.732. The Balaban J connectivity index is 2.13. The average Bonchev–Trinajstić information content (AvgIpc) is 2.61. The van der Waals surface area contributed by atoms with Crippen LogP contribution in [0.2, 0.25) is 0 Å². The third-order valence-corrected chi connectivity index (χ3v) is 6.76. The second-order valence-electron chi connectivity index (χ2n) is 6.85. The number of carboxylic acid groups (broad SMARTS) is 1. The number of hydrogen-bond donors (Lipinski definition) is 1. The van der Waals surface area contributed by atoms with E-state index in [0.29, 0.717) is 32.5 Å². The highest BCUT2D eigenvalue weighted by Gasteiger charge is 2.30. The van der Waals surface area contributed by atoms with Crippen molar-refractivity contribution < 1.29 is 18.3 Å². The molecule has 0 saturated carbocycles. The van der Waals surface area contributed by atoms with E-state index in [0.717, 1.165) is 11.3 Å². The Morgan fingerprint density at radius 3 is 2.38 bits per heavy atom. The minimum absolute atomic E-state index is 0.0487. The van der Waals surface area contributed by atoms with Crippen LogP contribution in [0, 0.1) is 0 Å². The molecule has 0 aliphatic carbocycles. The average molecular weight is 384 g/mol. The van der Waals surface area contributed by atoms with Gasteiger partial charge in [0.2, 0.25) is 10.0 Å². The monoisotopic (exact) mass is 383 g/mol. The second kappa shape index (κ2) is 8.83. The zero-order valence-corrected chi connectivity index (χ0v) is 16.6. The second-order valence-corrected chi connectivity index (χ2v) is 9.11. The van der Waals surface area contributed by atoms with Crippen molar-refractivity contribution in [1.29, 1.82) is 0 Å². The van der Waals surface area contributed by atoms with Crippen LogP contribution in [0.15, 0.2) is 24.3 Å². The van der Waals surface area contributed by atoms with Crippen molar-refractivity contribution in [3.05, 3.63) is 29.8 Å². The number of carboxylic acids is 1. The summed E-state index contributed by atoms with van der Waals surface area (Å²) in [4.78, 5) is 15.4. The molecule has 0 unspecified atom stereocenters. The van der Waals surface area contributed by atoms with Crippen LogP contribution in [-0.4, -0.2) is 74.2 Å². The molecule has 7 nitrogen and oxygen atoms in total. The van der Waals surface area contributed by atoms with Gasteiger partial charge in [-0.25, -0.2) is 12.7 Å². The molecule has 1 aromatic rings. The lowest BCUT2D eigenvalue weighted by atomic mass is 10.0. The zero-order valence-electron chi connectivity index (χ0n) is 15.8. The lowest BCUT2D eigenvalue weighted by molar-refractivity contribution is -0.139. The molecule has 8 heteroatoms. The summed E-state index contributed by atoms with van der Waals surface area (Å²) in [5.41, 5.74) is 2.14. The molecule has 0 atom stereocenters. The highest BCUT2D eigenvalue weighted by molar-refractivity contribution is 7.89. The molecule has 0 bridgehead atoms. The number of hydrogen-bond acceptors (Lipinski definition) is 5. The summed E-state index contributed by atoms with van der Waals surface area (Å²) in [6, 6.07) is 8.02. The molecular formula is C18H29N3O4S. The Labute approximate surface area is 156 Å². The number of rotatable bonds is 8. The minimum Gasteiger partial charge on any atom is -0.480 e. The van der Waals surface area contributed by atoms with E-state index >= 15 is 0 Å². The number of nitrogens with zero attached hydrogens (tertiary/aromatic N) is 3. The Morgan fingerprint density at radius 2 is 1.85 bits per heavy atom. The van der Waals surface area contributed by atoms with Gasteiger partial charge in [0, 0.05) is 45.5 Å². The summed E-state index contributed by atoms with van der Waals surface area (Å²) in [6.07, 6.45) is 1.30. The molecule has 1 heterocycles. The molecule has 0 amide bonds. The maximum atomic E-state index is 12.0. The van der Waals surface area contributed by atoms with E-state index in [9.17, 15) is 18.3 Å². The van der Waals surface area contributed by atoms with Crippen molar-refractivity contribution in [1.82, 2.24) is 9.21 Å². The normalized spacial score (nSPS) is 16.8. The third-order valence-electron chi connectivity index (χ3n) is 4.88. The molecule has 1 aliphatic heterocycles. The van der Waals surface area contributed by atoms with Crippen molar-refractivity contribution in [3.63, 3.8) is 0 Å². The van der Waals surface area contributed by atoms with Crippen LogP contribution in [0.1, 0.15) is 25.3 Å². The van der Waals surface area contributed by atoms with Gasteiger partial charge in [0.15, 0.2) is 0 Å². The fourth-order valence-electron chi connectivity index (χ4n) is 3.46. The van der Waals surface area contributed by atoms with E-state index in [1.165, 1.54) is 4.31 Å². The topological polar surface area (TPSA) is 81.2 Å². The Morgan fingerprint density at radius 1 is 1.23 bits per heavy atom. The van der Waals surface area contributed by atoms with Gasteiger partial charge in [0.25, 0.3) is 0 Å². The number of carbonyl (C=O) groups is 1. The first-order valence-corrected chi connectivity index (χ1v) is 10.5. The van der Waals surface area contributed by atoms with Gasteiger partial charge >= 0.3 is 5.97 Å². The summed E-state index contributed by atoms with van der Waals surface area (Å²) >= 11 is 0. The van der Waals surface area contributed by atoms with Gasteiger partial charge in [-0.1, -0.05) is 18.2 Å². The number of aliphatic carboxylic acids is 1. The Bertz CT molecular complexity index is 713. The van der Waals surface area contributed by atoms with Crippen molar-refractivity contribution in [2.45, 2.75) is 32.4 Å². The molecule has 26 heavy (non-hydrogen) atoms. The van der Waals surface area contributed by atoms with Crippen LogP contribution in [0.5, 0.6) is 0 Å². The third kappa shape index (κ3) is 5.18. The van der Waals surface area contributed by atoms with Crippen LogP contribution >= 0.6 is 0 Å². The van der Waals surface area contributed by atoms with Crippen molar-refractivity contribution in [2.24, 2.45) is 0 Å². The minimum atomic E-state index is -3.18. The Hall–Kier alpha value is -1.64. The first-order valence-electron chi connectivity index (χ1n) is 8.93. The Kier molecular flexibility index (Phi) is 7.02. The summed E-state index contributed by atoms with van der Waals surface area (Å²) in [5.74, 6) is -0.761. The van der Waals surface area contributed by atoms with Crippen LogP contribution in [0.4, 0.5) is 5.69 Å². The van der Waals surface area contributed by atoms with Gasteiger partial charge in [-0.05, 0) is 31.4 Å². The van der Waals surface area contributed by atoms with Crippen LogP contribution in [0.3, 0.4) is 0 Å². The van der Waals surface area contributed by atoms with E-state index in [1.807, 2.05) is 48.2 Å². The number of benzene rings is 1. The first kappa shape index (κ1) is 20.7. The summed E-state index contributed by atoms with van der Waals surface area (Å²) in [6.45, 7) is 3.04. The highest BCUT2D eigenvalue weighted by atomic mass is 32.2. The van der Waals surface area contributed by atoms with Crippen LogP contribution < -0.4 is 4.90 Å². The van der Waals surface area contributed by atoms with Gasteiger partial charge in [0.1, 0.15) is 0 Å². The summed E-state index contributed by atoms with van der Waals surface area (Å²) in [7, 11) is 0.755. The predicted molar refractivity (Wildman–Crippen MR) is 103 cm³/mol. The summed E-state index contributed by atoms with van der Waals surface area (Å²) in [5, 5.41) is 9.33. The molecule has 1 N–H and O–H groups in total. The van der Waals surface area contributed by atoms with Gasteiger partial charge in [-0.2, -0.15) is 0 Å². The molecule has 1 fully saturated rings. The predicted octanol–water partition coefficient (Wildman–Crippen LogP) is 1.45. The first-order chi connectivity index (χ1) is 12.2. The summed E-state index contributed by atoms with van der Waals surface area (Å²) < 4.78 is 25.6. The lowest BCUT2D eigenvalue weighted by Gasteiger charge is -2.37. The number of piperidine rings is 1. The fraction of sp³-hybridized carbons (Fsp3) is 0.611.